The molecule has 0 saturated carbocycles. The fourth-order valence-corrected chi connectivity index (χ4v) is 2.78. The standard InChI is InChI=1S/C15H32N2O/c1-3-15-9-6-5-7-12-17(15)13-11-16-10-8-14-18-4-2/h15-16H,3-14H2,1-2H3. The van der Waals surface area contributed by atoms with Gasteiger partial charge in [0.25, 0.3) is 0 Å². The molecule has 3 nitrogen and oxygen atoms in total. The summed E-state index contributed by atoms with van der Waals surface area (Å²) in [7, 11) is 0. The molecule has 1 aliphatic heterocycles. The van der Waals surface area contributed by atoms with E-state index < -0.39 is 0 Å². The highest BCUT2D eigenvalue weighted by atomic mass is 16.5. The highest BCUT2D eigenvalue weighted by Crippen LogP contribution is 2.18. The van der Waals surface area contributed by atoms with Crippen LogP contribution in [0.3, 0.4) is 0 Å². The number of rotatable bonds is 9. The Morgan fingerprint density at radius 2 is 2.06 bits per heavy atom. The first-order valence-corrected chi connectivity index (χ1v) is 7.91. The summed E-state index contributed by atoms with van der Waals surface area (Å²) in [5, 5.41) is 3.53. The van der Waals surface area contributed by atoms with Crippen molar-refractivity contribution in [2.24, 2.45) is 0 Å². The van der Waals surface area contributed by atoms with Crippen LogP contribution in [-0.4, -0.2) is 50.3 Å². The molecule has 1 fully saturated rings. The van der Waals surface area contributed by atoms with Gasteiger partial charge in [-0.2, -0.15) is 0 Å². The Morgan fingerprint density at radius 3 is 2.83 bits per heavy atom. The molecule has 1 atom stereocenters. The highest BCUT2D eigenvalue weighted by molar-refractivity contribution is 4.74. The zero-order chi connectivity index (χ0) is 13.1. The van der Waals surface area contributed by atoms with Gasteiger partial charge in [0.15, 0.2) is 0 Å². The van der Waals surface area contributed by atoms with E-state index >= 15 is 0 Å². The van der Waals surface area contributed by atoms with Gasteiger partial charge in [-0.25, -0.2) is 0 Å². The van der Waals surface area contributed by atoms with E-state index in [0.717, 1.165) is 38.8 Å². The van der Waals surface area contributed by atoms with Crippen molar-refractivity contribution in [3.63, 3.8) is 0 Å². The number of likely N-dealkylation sites (tertiary alicyclic amines) is 1. The van der Waals surface area contributed by atoms with Crippen molar-refractivity contribution >= 4 is 0 Å². The Labute approximate surface area is 113 Å². The van der Waals surface area contributed by atoms with E-state index in [-0.39, 0.29) is 0 Å². The van der Waals surface area contributed by atoms with Crippen LogP contribution in [0.25, 0.3) is 0 Å². The number of nitrogens with zero attached hydrogens (tertiary/aromatic N) is 1. The zero-order valence-corrected chi connectivity index (χ0v) is 12.4. The fourth-order valence-electron chi connectivity index (χ4n) is 2.78. The van der Waals surface area contributed by atoms with Crippen molar-refractivity contribution < 1.29 is 4.74 Å². The second-order valence-electron chi connectivity index (χ2n) is 5.25. The van der Waals surface area contributed by atoms with E-state index in [9.17, 15) is 0 Å². The molecule has 0 aromatic heterocycles. The van der Waals surface area contributed by atoms with Gasteiger partial charge < -0.3 is 10.1 Å². The minimum absolute atomic E-state index is 0.831. The van der Waals surface area contributed by atoms with Gasteiger partial charge in [-0.05, 0) is 45.7 Å². The smallest absolute Gasteiger partial charge is 0.0477 e. The molecule has 18 heavy (non-hydrogen) atoms. The third kappa shape index (κ3) is 6.72. The lowest BCUT2D eigenvalue weighted by Gasteiger charge is -2.29. The predicted octanol–water partition coefficient (Wildman–Crippen LogP) is 2.66. The third-order valence-electron chi connectivity index (χ3n) is 3.89. The first kappa shape index (κ1) is 15.9. The maximum atomic E-state index is 5.33. The summed E-state index contributed by atoms with van der Waals surface area (Å²) in [5.74, 6) is 0. The molecule has 3 heteroatoms. The van der Waals surface area contributed by atoms with E-state index in [1.165, 1.54) is 45.2 Å². The topological polar surface area (TPSA) is 24.5 Å². The first-order chi connectivity index (χ1) is 8.88. The van der Waals surface area contributed by atoms with Gasteiger partial charge in [0, 0.05) is 32.3 Å². The first-order valence-electron chi connectivity index (χ1n) is 7.91. The van der Waals surface area contributed by atoms with Crippen molar-refractivity contribution in [2.45, 2.75) is 58.4 Å². The van der Waals surface area contributed by atoms with E-state index in [1.54, 1.807) is 0 Å². The van der Waals surface area contributed by atoms with Gasteiger partial charge in [-0.15, -0.1) is 0 Å². The molecule has 0 bridgehead atoms. The second-order valence-corrected chi connectivity index (χ2v) is 5.25. The van der Waals surface area contributed by atoms with Crippen LogP contribution < -0.4 is 5.32 Å². The van der Waals surface area contributed by atoms with E-state index in [4.69, 9.17) is 4.74 Å². The summed E-state index contributed by atoms with van der Waals surface area (Å²) in [6.45, 7) is 10.9. The Bertz CT molecular complexity index is 187. The SMILES string of the molecule is CCOCCCNCCN1CCCCCC1CC. The maximum absolute atomic E-state index is 5.33. The molecule has 0 spiro atoms. The molecular weight excluding hydrogens is 224 g/mol. The van der Waals surface area contributed by atoms with Gasteiger partial charge in [-0.3, -0.25) is 4.90 Å². The molecule has 1 heterocycles. The number of hydrogen-bond donors (Lipinski definition) is 1. The number of hydrogen-bond acceptors (Lipinski definition) is 3. The maximum Gasteiger partial charge on any atom is 0.0477 e. The van der Waals surface area contributed by atoms with Crippen molar-refractivity contribution in [2.75, 3.05) is 39.4 Å². The van der Waals surface area contributed by atoms with E-state index in [2.05, 4.69) is 24.1 Å². The van der Waals surface area contributed by atoms with E-state index in [0.29, 0.717) is 0 Å². The quantitative estimate of drug-likeness (QED) is 0.642. The van der Waals surface area contributed by atoms with Crippen LogP contribution in [-0.2, 0) is 4.74 Å². The Morgan fingerprint density at radius 1 is 1.17 bits per heavy atom. The molecule has 0 amide bonds. The lowest BCUT2D eigenvalue weighted by molar-refractivity contribution is 0.144. The minimum atomic E-state index is 0.831. The van der Waals surface area contributed by atoms with Crippen LogP contribution in [0.2, 0.25) is 0 Å². The largest absolute Gasteiger partial charge is 0.382 e. The molecular formula is C15H32N2O. The van der Waals surface area contributed by atoms with Crippen molar-refractivity contribution in [3.05, 3.63) is 0 Å². The molecule has 0 aromatic rings. The third-order valence-corrected chi connectivity index (χ3v) is 3.89. The van der Waals surface area contributed by atoms with Crippen LogP contribution in [0.1, 0.15) is 52.4 Å². The van der Waals surface area contributed by atoms with Crippen LogP contribution in [0.5, 0.6) is 0 Å². The summed E-state index contributed by atoms with van der Waals surface area (Å²) in [5.41, 5.74) is 0. The van der Waals surface area contributed by atoms with Crippen LogP contribution in [0.4, 0.5) is 0 Å². The molecule has 1 rings (SSSR count). The summed E-state index contributed by atoms with van der Waals surface area (Å²) < 4.78 is 5.33. The average Bonchev–Trinajstić information content (AvgIpc) is 2.62. The summed E-state index contributed by atoms with van der Waals surface area (Å²) in [6, 6.07) is 0.831. The molecule has 108 valence electrons. The summed E-state index contributed by atoms with van der Waals surface area (Å²) >= 11 is 0. The molecule has 1 unspecified atom stereocenters. The molecule has 0 aromatic carbocycles. The zero-order valence-electron chi connectivity index (χ0n) is 12.4. The van der Waals surface area contributed by atoms with Crippen LogP contribution in [0.15, 0.2) is 0 Å². The van der Waals surface area contributed by atoms with Gasteiger partial charge in [0.05, 0.1) is 0 Å². The monoisotopic (exact) mass is 256 g/mol. The molecule has 1 aliphatic rings. The van der Waals surface area contributed by atoms with Gasteiger partial charge in [0.2, 0.25) is 0 Å². The van der Waals surface area contributed by atoms with Gasteiger partial charge in [0.1, 0.15) is 0 Å². The van der Waals surface area contributed by atoms with Crippen molar-refractivity contribution in [1.29, 1.82) is 0 Å². The molecule has 1 N–H and O–H groups in total. The highest BCUT2D eigenvalue weighted by Gasteiger charge is 2.18. The lowest BCUT2D eigenvalue weighted by Crippen LogP contribution is -2.39. The molecule has 1 saturated heterocycles. The van der Waals surface area contributed by atoms with Crippen molar-refractivity contribution in [1.82, 2.24) is 10.2 Å². The number of ether oxygens (including phenoxy) is 1. The Hall–Kier alpha value is -0.120. The second kappa shape index (κ2) is 10.8. The van der Waals surface area contributed by atoms with Crippen molar-refractivity contribution in [3.8, 4) is 0 Å². The molecule has 0 radical (unpaired) electrons. The molecule has 0 aliphatic carbocycles. The van der Waals surface area contributed by atoms with Crippen LogP contribution >= 0.6 is 0 Å². The van der Waals surface area contributed by atoms with E-state index in [1.807, 2.05) is 0 Å². The normalized spacial score (nSPS) is 22.0. The minimum Gasteiger partial charge on any atom is -0.382 e. The lowest BCUT2D eigenvalue weighted by atomic mass is 10.1. The number of nitrogens with one attached hydrogen (secondary N) is 1. The summed E-state index contributed by atoms with van der Waals surface area (Å²) in [6.07, 6.45) is 8.09. The fraction of sp³-hybridized carbons (Fsp3) is 1.00. The Kier molecular flexibility index (Phi) is 9.54. The Balaban J connectivity index is 2.05. The van der Waals surface area contributed by atoms with Gasteiger partial charge >= 0.3 is 0 Å². The van der Waals surface area contributed by atoms with Gasteiger partial charge in [-0.1, -0.05) is 19.8 Å². The summed E-state index contributed by atoms with van der Waals surface area (Å²) in [4.78, 5) is 2.70. The average molecular weight is 256 g/mol. The predicted molar refractivity (Wildman–Crippen MR) is 78.1 cm³/mol. The van der Waals surface area contributed by atoms with Crippen LogP contribution in [0, 0.1) is 0 Å².